The maximum absolute atomic E-state index is 12.3. The Kier molecular flexibility index (Phi) is 5.15. The second kappa shape index (κ2) is 6.85. The molecule has 0 heterocycles. The molecule has 0 N–H and O–H groups in total. The summed E-state index contributed by atoms with van der Waals surface area (Å²) in [5, 5.41) is 0. The second-order valence-corrected chi connectivity index (χ2v) is 5.84. The molecule has 1 unspecified atom stereocenters. The van der Waals surface area contributed by atoms with Crippen molar-refractivity contribution in [2.75, 3.05) is 13.2 Å². The first kappa shape index (κ1) is 14.3. The lowest BCUT2D eigenvalue weighted by Gasteiger charge is -2.23. The van der Waals surface area contributed by atoms with Crippen LogP contribution in [0.2, 0.25) is 0 Å². The lowest BCUT2D eigenvalue weighted by molar-refractivity contribution is 0.0797. The van der Waals surface area contributed by atoms with Gasteiger partial charge in [-0.1, -0.05) is 38.1 Å². The molecule has 0 radical (unpaired) electrons. The molecule has 0 spiro atoms. The van der Waals surface area contributed by atoms with Crippen molar-refractivity contribution >= 4 is 5.78 Å². The van der Waals surface area contributed by atoms with E-state index in [9.17, 15) is 4.79 Å². The smallest absolute Gasteiger partial charge is 0.166 e. The molecule has 1 atom stereocenters. The highest BCUT2D eigenvalue weighted by atomic mass is 16.5. The summed E-state index contributed by atoms with van der Waals surface area (Å²) in [5.41, 5.74) is 2.14. The van der Waals surface area contributed by atoms with E-state index in [4.69, 9.17) is 4.74 Å². The molecule has 1 aliphatic carbocycles. The van der Waals surface area contributed by atoms with Gasteiger partial charge in [-0.25, -0.2) is 0 Å². The first-order chi connectivity index (χ1) is 9.18. The normalized spacial score (nSPS) is 18.7. The third-order valence-corrected chi connectivity index (χ3v) is 3.87. The number of rotatable bonds is 6. The van der Waals surface area contributed by atoms with Gasteiger partial charge in [0.1, 0.15) is 0 Å². The number of ketones is 1. The molecule has 104 valence electrons. The van der Waals surface area contributed by atoms with E-state index in [1.165, 1.54) is 5.56 Å². The van der Waals surface area contributed by atoms with Crippen LogP contribution < -0.4 is 0 Å². The molecule has 2 nitrogen and oxygen atoms in total. The number of hydrogen-bond acceptors (Lipinski definition) is 2. The SMILES string of the molecule is CC(C)CCOCCC1CCc2ccccc2C1=O. The molecule has 0 saturated carbocycles. The molecule has 0 saturated heterocycles. The molecule has 0 aromatic heterocycles. The molecule has 0 bridgehead atoms. The Morgan fingerprint density at radius 1 is 1.26 bits per heavy atom. The Balaban J connectivity index is 1.79. The van der Waals surface area contributed by atoms with E-state index in [0.717, 1.165) is 37.9 Å². The van der Waals surface area contributed by atoms with Crippen LogP contribution in [0.5, 0.6) is 0 Å². The van der Waals surface area contributed by atoms with E-state index >= 15 is 0 Å². The van der Waals surface area contributed by atoms with E-state index in [2.05, 4.69) is 19.9 Å². The highest BCUT2D eigenvalue weighted by Crippen LogP contribution is 2.27. The number of aryl methyl sites for hydroxylation is 1. The van der Waals surface area contributed by atoms with Gasteiger partial charge in [0.25, 0.3) is 0 Å². The van der Waals surface area contributed by atoms with Crippen molar-refractivity contribution in [1.29, 1.82) is 0 Å². The zero-order valence-electron chi connectivity index (χ0n) is 12.0. The van der Waals surface area contributed by atoms with Crippen molar-refractivity contribution in [2.45, 2.75) is 39.5 Å². The van der Waals surface area contributed by atoms with Gasteiger partial charge in [-0.3, -0.25) is 4.79 Å². The summed E-state index contributed by atoms with van der Waals surface area (Å²) in [5.74, 6) is 1.16. The average molecular weight is 260 g/mol. The monoisotopic (exact) mass is 260 g/mol. The van der Waals surface area contributed by atoms with Crippen LogP contribution in [0.15, 0.2) is 24.3 Å². The quantitative estimate of drug-likeness (QED) is 0.725. The van der Waals surface area contributed by atoms with Gasteiger partial charge in [-0.15, -0.1) is 0 Å². The summed E-state index contributed by atoms with van der Waals surface area (Å²) < 4.78 is 5.63. The summed E-state index contributed by atoms with van der Waals surface area (Å²) in [4.78, 5) is 12.3. The minimum absolute atomic E-state index is 0.161. The number of ether oxygens (including phenoxy) is 1. The summed E-state index contributed by atoms with van der Waals surface area (Å²) in [7, 11) is 0. The van der Waals surface area contributed by atoms with E-state index < -0.39 is 0 Å². The number of benzene rings is 1. The van der Waals surface area contributed by atoms with Crippen LogP contribution in [0.4, 0.5) is 0 Å². The Labute approximate surface area is 116 Å². The Bertz CT molecular complexity index is 423. The summed E-state index contributed by atoms with van der Waals surface area (Å²) >= 11 is 0. The third-order valence-electron chi connectivity index (χ3n) is 3.87. The molecule has 1 aromatic carbocycles. The van der Waals surface area contributed by atoms with Gasteiger partial charge < -0.3 is 4.74 Å². The van der Waals surface area contributed by atoms with Crippen LogP contribution in [0.25, 0.3) is 0 Å². The number of Topliss-reactive ketones (excluding diaryl/α,β-unsaturated/α-hetero) is 1. The van der Waals surface area contributed by atoms with E-state index in [-0.39, 0.29) is 5.92 Å². The van der Waals surface area contributed by atoms with Gasteiger partial charge in [-0.2, -0.15) is 0 Å². The van der Waals surface area contributed by atoms with E-state index in [0.29, 0.717) is 18.3 Å². The second-order valence-electron chi connectivity index (χ2n) is 5.84. The fraction of sp³-hybridized carbons (Fsp3) is 0.588. The number of carbonyl (C=O) groups is 1. The van der Waals surface area contributed by atoms with Crippen LogP contribution in [0.1, 0.15) is 49.0 Å². The van der Waals surface area contributed by atoms with Crippen molar-refractivity contribution in [3.05, 3.63) is 35.4 Å². The highest BCUT2D eigenvalue weighted by molar-refractivity contribution is 6.00. The fourth-order valence-electron chi connectivity index (χ4n) is 2.58. The third kappa shape index (κ3) is 3.90. The van der Waals surface area contributed by atoms with Crippen molar-refractivity contribution in [1.82, 2.24) is 0 Å². The molecule has 2 rings (SSSR count). The lowest BCUT2D eigenvalue weighted by atomic mass is 9.81. The van der Waals surface area contributed by atoms with Crippen molar-refractivity contribution < 1.29 is 9.53 Å². The van der Waals surface area contributed by atoms with Gasteiger partial charge >= 0.3 is 0 Å². The average Bonchev–Trinajstić information content (AvgIpc) is 2.41. The summed E-state index contributed by atoms with van der Waals surface area (Å²) in [6.45, 7) is 5.93. The molecule has 0 fully saturated rings. The maximum Gasteiger partial charge on any atom is 0.166 e. The molecule has 2 heteroatoms. The molecule has 0 aliphatic heterocycles. The summed E-state index contributed by atoms with van der Waals surface area (Å²) in [6, 6.07) is 8.01. The van der Waals surface area contributed by atoms with Crippen LogP contribution in [0, 0.1) is 11.8 Å². The van der Waals surface area contributed by atoms with Crippen LogP contribution in [-0.2, 0) is 11.2 Å². The van der Waals surface area contributed by atoms with Gasteiger partial charge in [0.2, 0.25) is 0 Å². The Morgan fingerprint density at radius 3 is 2.84 bits per heavy atom. The van der Waals surface area contributed by atoms with Crippen molar-refractivity contribution in [3.63, 3.8) is 0 Å². The first-order valence-corrected chi connectivity index (χ1v) is 7.38. The van der Waals surface area contributed by atoms with Gasteiger partial charge in [0, 0.05) is 24.7 Å². The Morgan fingerprint density at radius 2 is 2.05 bits per heavy atom. The fourth-order valence-corrected chi connectivity index (χ4v) is 2.58. The largest absolute Gasteiger partial charge is 0.381 e. The maximum atomic E-state index is 12.3. The van der Waals surface area contributed by atoms with Crippen LogP contribution in [-0.4, -0.2) is 19.0 Å². The van der Waals surface area contributed by atoms with Crippen LogP contribution >= 0.6 is 0 Å². The molecule has 19 heavy (non-hydrogen) atoms. The van der Waals surface area contributed by atoms with Gasteiger partial charge in [-0.05, 0) is 37.2 Å². The van der Waals surface area contributed by atoms with Crippen molar-refractivity contribution in [2.24, 2.45) is 11.8 Å². The van der Waals surface area contributed by atoms with E-state index in [1.54, 1.807) is 0 Å². The van der Waals surface area contributed by atoms with Crippen molar-refractivity contribution in [3.8, 4) is 0 Å². The highest BCUT2D eigenvalue weighted by Gasteiger charge is 2.26. The predicted octanol–water partition coefficient (Wildman–Crippen LogP) is 3.88. The molecular formula is C17H24O2. The molecule has 1 aromatic rings. The zero-order chi connectivity index (χ0) is 13.7. The van der Waals surface area contributed by atoms with Crippen LogP contribution in [0.3, 0.4) is 0 Å². The predicted molar refractivity (Wildman–Crippen MR) is 77.5 cm³/mol. The molecule has 0 amide bonds. The summed E-state index contributed by atoms with van der Waals surface area (Å²) in [6.07, 6.45) is 3.97. The minimum atomic E-state index is 0.161. The lowest BCUT2D eigenvalue weighted by Crippen LogP contribution is -2.23. The number of carbonyl (C=O) groups excluding carboxylic acids is 1. The van der Waals surface area contributed by atoms with Gasteiger partial charge in [0.15, 0.2) is 5.78 Å². The number of hydrogen-bond donors (Lipinski definition) is 0. The van der Waals surface area contributed by atoms with E-state index in [1.807, 2.05) is 18.2 Å². The number of fused-ring (bicyclic) bond motifs is 1. The van der Waals surface area contributed by atoms with Gasteiger partial charge in [0.05, 0.1) is 0 Å². The molecule has 1 aliphatic rings. The first-order valence-electron chi connectivity index (χ1n) is 7.38. The Hall–Kier alpha value is -1.15. The standard InChI is InChI=1S/C17H24O2/c1-13(2)9-11-19-12-10-15-8-7-14-5-3-4-6-16(14)17(15)18/h3-6,13,15H,7-12H2,1-2H3. The molecular weight excluding hydrogens is 236 g/mol. The minimum Gasteiger partial charge on any atom is -0.381 e. The topological polar surface area (TPSA) is 26.3 Å². The zero-order valence-corrected chi connectivity index (χ0v) is 12.0.